The largest absolute Gasteiger partial charge is 0.484 e. The molecule has 0 radical (unpaired) electrons. The third-order valence-electron chi connectivity index (χ3n) is 5.48. The molecule has 0 saturated carbocycles. The van der Waals surface area contributed by atoms with Gasteiger partial charge in [0.1, 0.15) is 35.2 Å². The third-order valence-corrected chi connectivity index (χ3v) is 5.77. The first kappa shape index (κ1) is 20.5. The number of ether oxygens (including phenoxy) is 2. The van der Waals surface area contributed by atoms with Crippen molar-refractivity contribution < 1.29 is 18.3 Å². The van der Waals surface area contributed by atoms with Crippen LogP contribution in [0.3, 0.4) is 0 Å². The summed E-state index contributed by atoms with van der Waals surface area (Å²) in [5.74, 6) is 0.529. The maximum Gasteiger partial charge on any atom is 0.336 e. The van der Waals surface area contributed by atoms with Gasteiger partial charge in [0.05, 0.1) is 10.7 Å². The second kappa shape index (κ2) is 7.60. The van der Waals surface area contributed by atoms with Crippen LogP contribution in [0.5, 0.6) is 11.6 Å². The third kappa shape index (κ3) is 3.80. The van der Waals surface area contributed by atoms with Gasteiger partial charge in [-0.2, -0.15) is 0 Å². The van der Waals surface area contributed by atoms with Crippen molar-refractivity contribution in [3.05, 3.63) is 81.7 Å². The van der Waals surface area contributed by atoms with Crippen molar-refractivity contribution >= 4 is 22.6 Å². The molecule has 0 N–H and O–H groups in total. The van der Waals surface area contributed by atoms with Gasteiger partial charge in [0.25, 0.3) is 0 Å². The molecule has 1 aliphatic rings. The van der Waals surface area contributed by atoms with Crippen LogP contribution in [0.4, 0.5) is 4.39 Å². The average Bonchev–Trinajstić information content (AvgIpc) is 2.75. The molecule has 3 heterocycles. The van der Waals surface area contributed by atoms with E-state index in [1.807, 2.05) is 19.9 Å². The Bertz CT molecular complexity index is 1400. The quantitative estimate of drug-likeness (QED) is 0.397. The van der Waals surface area contributed by atoms with Gasteiger partial charge in [-0.15, -0.1) is 0 Å². The van der Waals surface area contributed by atoms with Gasteiger partial charge in [-0.05, 0) is 49.7 Å². The number of hydrogen-bond donors (Lipinski definition) is 0. The Labute approximate surface area is 187 Å². The molecule has 2 aromatic heterocycles. The minimum Gasteiger partial charge on any atom is -0.484 e. The van der Waals surface area contributed by atoms with E-state index in [0.29, 0.717) is 34.9 Å². The number of benzene rings is 2. The minimum atomic E-state index is -0.681. The van der Waals surface area contributed by atoms with E-state index in [9.17, 15) is 9.18 Å². The van der Waals surface area contributed by atoms with E-state index in [1.165, 1.54) is 24.5 Å². The number of hydrogen-bond acceptors (Lipinski definition) is 6. The van der Waals surface area contributed by atoms with Gasteiger partial charge < -0.3 is 13.9 Å². The van der Waals surface area contributed by atoms with Gasteiger partial charge in [0.2, 0.25) is 5.88 Å². The monoisotopic (exact) mass is 452 g/mol. The highest BCUT2D eigenvalue weighted by atomic mass is 35.5. The van der Waals surface area contributed by atoms with Gasteiger partial charge in [0, 0.05) is 35.6 Å². The lowest BCUT2D eigenvalue weighted by molar-refractivity contribution is -0.0287. The molecule has 162 valence electrons. The summed E-state index contributed by atoms with van der Waals surface area (Å²) >= 11 is 5.90. The highest BCUT2D eigenvalue weighted by molar-refractivity contribution is 6.31. The molecule has 0 aliphatic carbocycles. The fourth-order valence-electron chi connectivity index (χ4n) is 3.74. The molecule has 0 bridgehead atoms. The summed E-state index contributed by atoms with van der Waals surface area (Å²) in [5.41, 5.74) is 1.55. The maximum atomic E-state index is 13.5. The van der Waals surface area contributed by atoms with Crippen molar-refractivity contribution in [2.75, 3.05) is 0 Å². The fraction of sp³-hybridized carbons (Fsp3) is 0.208. The molecule has 32 heavy (non-hydrogen) atoms. The highest BCUT2D eigenvalue weighted by Gasteiger charge is 2.39. The van der Waals surface area contributed by atoms with Crippen molar-refractivity contribution in [2.24, 2.45) is 0 Å². The molecule has 0 fully saturated rings. The van der Waals surface area contributed by atoms with Gasteiger partial charge in [-0.3, -0.25) is 0 Å². The molecular weight excluding hydrogens is 435 g/mol. The molecule has 2 aromatic carbocycles. The first-order valence-electron chi connectivity index (χ1n) is 9.98. The van der Waals surface area contributed by atoms with E-state index in [1.54, 1.807) is 24.3 Å². The van der Waals surface area contributed by atoms with Crippen LogP contribution in [-0.2, 0) is 6.42 Å². The predicted molar refractivity (Wildman–Crippen MR) is 118 cm³/mol. The van der Waals surface area contributed by atoms with Crippen molar-refractivity contribution in [3.63, 3.8) is 0 Å². The predicted octanol–water partition coefficient (Wildman–Crippen LogP) is 5.20. The zero-order chi connectivity index (χ0) is 22.5. The van der Waals surface area contributed by atoms with E-state index in [2.05, 4.69) is 9.97 Å². The number of halogens is 2. The highest BCUT2D eigenvalue weighted by Crippen LogP contribution is 2.37. The van der Waals surface area contributed by atoms with Crippen molar-refractivity contribution in [1.29, 1.82) is 0 Å². The molecule has 0 amide bonds. The Morgan fingerprint density at radius 3 is 2.78 bits per heavy atom. The Morgan fingerprint density at radius 1 is 1.12 bits per heavy atom. The smallest absolute Gasteiger partial charge is 0.336 e. The maximum absolute atomic E-state index is 13.5. The lowest BCUT2D eigenvalue weighted by Crippen LogP contribution is -2.49. The SMILES string of the molecule is CC1(C)Oc2cc3oc(=O)ccc3cc2C[C@@H]1Oc1cc(-c2ccc(F)c(Cl)c2)ncn1. The van der Waals surface area contributed by atoms with Crippen LogP contribution in [0.15, 0.2) is 64.1 Å². The molecule has 1 atom stereocenters. The Morgan fingerprint density at radius 2 is 1.97 bits per heavy atom. The van der Waals surface area contributed by atoms with Gasteiger partial charge in [-0.1, -0.05) is 11.6 Å². The zero-order valence-electron chi connectivity index (χ0n) is 17.3. The summed E-state index contributed by atoms with van der Waals surface area (Å²) in [6.07, 6.45) is 1.61. The number of rotatable bonds is 3. The summed E-state index contributed by atoms with van der Waals surface area (Å²) < 4.78 is 31.2. The van der Waals surface area contributed by atoms with Crippen LogP contribution >= 0.6 is 11.6 Å². The first-order chi connectivity index (χ1) is 15.3. The second-order valence-electron chi connectivity index (χ2n) is 8.14. The summed E-state index contributed by atoms with van der Waals surface area (Å²) in [5, 5.41) is 0.827. The zero-order valence-corrected chi connectivity index (χ0v) is 18.0. The van der Waals surface area contributed by atoms with E-state index in [-0.39, 0.29) is 11.1 Å². The summed E-state index contributed by atoms with van der Waals surface area (Å²) in [7, 11) is 0. The Hall–Kier alpha value is -3.45. The first-order valence-corrected chi connectivity index (χ1v) is 10.4. The van der Waals surface area contributed by atoms with Gasteiger partial charge in [-0.25, -0.2) is 19.2 Å². The standard InChI is InChI=1S/C24H18ClFN2O4/c1-24(2)21(9-15-7-14-4-6-23(29)30-19(14)11-20(15)32-24)31-22-10-18(27-12-28-22)13-3-5-17(26)16(25)8-13/h3-8,10-12,21H,9H2,1-2H3/t21-/m0/s1. The lowest BCUT2D eigenvalue weighted by Gasteiger charge is -2.39. The Balaban J connectivity index is 1.45. The molecule has 0 spiro atoms. The molecule has 6 nitrogen and oxygen atoms in total. The van der Waals surface area contributed by atoms with Crippen molar-refractivity contribution in [3.8, 4) is 22.9 Å². The van der Waals surface area contributed by atoms with Crippen molar-refractivity contribution in [1.82, 2.24) is 9.97 Å². The van der Waals surface area contributed by atoms with Crippen LogP contribution < -0.4 is 15.1 Å². The molecule has 8 heteroatoms. The van der Waals surface area contributed by atoms with Crippen LogP contribution in [0.1, 0.15) is 19.4 Å². The Kier molecular flexibility index (Phi) is 4.86. The molecule has 4 aromatic rings. The van der Waals surface area contributed by atoms with Crippen LogP contribution in [-0.4, -0.2) is 21.7 Å². The van der Waals surface area contributed by atoms with Crippen molar-refractivity contribution in [2.45, 2.75) is 32.0 Å². The summed E-state index contributed by atoms with van der Waals surface area (Å²) in [6, 6.07) is 12.9. The van der Waals surface area contributed by atoms with Crippen LogP contribution in [0.25, 0.3) is 22.2 Å². The van der Waals surface area contributed by atoms with E-state index >= 15 is 0 Å². The van der Waals surface area contributed by atoms with E-state index in [0.717, 1.165) is 10.9 Å². The van der Waals surface area contributed by atoms with Crippen LogP contribution in [0.2, 0.25) is 5.02 Å². The van der Waals surface area contributed by atoms with Gasteiger partial charge >= 0.3 is 5.63 Å². The summed E-state index contributed by atoms with van der Waals surface area (Å²) in [6.45, 7) is 3.85. The fourth-order valence-corrected chi connectivity index (χ4v) is 3.92. The van der Waals surface area contributed by atoms with E-state index in [4.69, 9.17) is 25.5 Å². The van der Waals surface area contributed by atoms with E-state index < -0.39 is 17.0 Å². The second-order valence-corrected chi connectivity index (χ2v) is 8.55. The lowest BCUT2D eigenvalue weighted by atomic mass is 9.90. The minimum absolute atomic E-state index is 0.0186. The molecule has 5 rings (SSSR count). The molecular formula is C24H18ClFN2O4. The molecule has 1 aliphatic heterocycles. The average molecular weight is 453 g/mol. The number of nitrogens with zero attached hydrogens (tertiary/aromatic N) is 2. The number of aromatic nitrogens is 2. The van der Waals surface area contributed by atoms with Crippen LogP contribution in [0, 0.1) is 5.82 Å². The van der Waals surface area contributed by atoms with Gasteiger partial charge in [0.15, 0.2) is 0 Å². The molecule has 0 saturated heterocycles. The normalized spacial score (nSPS) is 16.9. The topological polar surface area (TPSA) is 74.5 Å². The summed E-state index contributed by atoms with van der Waals surface area (Å²) in [4.78, 5) is 20.0. The molecule has 0 unspecified atom stereocenters. The number of fused-ring (bicyclic) bond motifs is 2.